The number of unbranched alkanes of at least 4 members (excludes halogenated alkanes) is 2. The second-order valence-corrected chi connectivity index (χ2v) is 3.65. The fraction of sp³-hybridized carbons (Fsp3) is 0.800. The van der Waals surface area contributed by atoms with Crippen molar-refractivity contribution in [3.63, 3.8) is 0 Å². The molecular formula is C10H20N2O5. The largest absolute Gasteiger partial charge is 0.388 e. The Morgan fingerprint density at radius 3 is 2.29 bits per heavy atom. The van der Waals surface area contributed by atoms with Crippen molar-refractivity contribution in [3.8, 4) is 0 Å². The van der Waals surface area contributed by atoms with Gasteiger partial charge in [-0.25, -0.2) is 0 Å². The summed E-state index contributed by atoms with van der Waals surface area (Å²) in [4.78, 5) is 22.1. The molecule has 0 rings (SSSR count). The summed E-state index contributed by atoms with van der Waals surface area (Å²) in [6.45, 7) is 0.0121. The minimum Gasteiger partial charge on any atom is -0.388 e. The van der Waals surface area contributed by atoms with E-state index >= 15 is 0 Å². The van der Waals surface area contributed by atoms with Crippen molar-refractivity contribution < 1.29 is 24.9 Å². The maximum absolute atomic E-state index is 11.3. The van der Waals surface area contributed by atoms with E-state index < -0.39 is 30.5 Å². The average Bonchev–Trinajstić information content (AvgIpc) is 2.35. The molecule has 100 valence electrons. The maximum Gasteiger partial charge on any atom is 0.252 e. The first-order valence-electron chi connectivity index (χ1n) is 5.52. The predicted molar refractivity (Wildman–Crippen MR) is 60.0 cm³/mol. The van der Waals surface area contributed by atoms with Crippen LogP contribution in [0, 0.1) is 0 Å². The lowest BCUT2D eigenvalue weighted by Crippen LogP contribution is -2.46. The lowest BCUT2D eigenvalue weighted by Gasteiger charge is -2.15. The van der Waals surface area contributed by atoms with Crippen LogP contribution in [0.25, 0.3) is 0 Å². The number of hydrogen-bond donors (Lipinski definition) is 5. The van der Waals surface area contributed by atoms with Crippen molar-refractivity contribution in [1.29, 1.82) is 0 Å². The molecule has 0 saturated carbocycles. The van der Waals surface area contributed by atoms with Gasteiger partial charge in [0.15, 0.2) is 11.9 Å². The van der Waals surface area contributed by atoms with Gasteiger partial charge in [0.05, 0.1) is 0 Å². The van der Waals surface area contributed by atoms with Crippen molar-refractivity contribution in [2.24, 2.45) is 5.73 Å². The molecule has 0 aromatic heterocycles. The molecule has 0 aromatic rings. The van der Waals surface area contributed by atoms with Crippen LogP contribution in [-0.2, 0) is 9.59 Å². The molecule has 17 heavy (non-hydrogen) atoms. The van der Waals surface area contributed by atoms with E-state index in [0.717, 1.165) is 12.8 Å². The molecule has 0 aliphatic heterocycles. The molecule has 6 N–H and O–H groups in total. The van der Waals surface area contributed by atoms with Crippen LogP contribution in [0.3, 0.4) is 0 Å². The van der Waals surface area contributed by atoms with Gasteiger partial charge in [-0.3, -0.25) is 9.59 Å². The Hall–Kier alpha value is -1.02. The molecule has 7 heteroatoms. The number of nitrogens with one attached hydrogen (secondary N) is 1. The summed E-state index contributed by atoms with van der Waals surface area (Å²) < 4.78 is 0. The van der Waals surface area contributed by atoms with E-state index in [1.807, 2.05) is 0 Å². The van der Waals surface area contributed by atoms with Crippen molar-refractivity contribution in [2.75, 3.05) is 19.7 Å². The summed E-state index contributed by atoms with van der Waals surface area (Å²) in [7, 11) is 0. The molecule has 7 nitrogen and oxygen atoms in total. The summed E-state index contributed by atoms with van der Waals surface area (Å²) in [5.41, 5.74) is 5.29. The lowest BCUT2D eigenvalue weighted by molar-refractivity contribution is -0.146. The Bertz CT molecular complexity index is 247. The van der Waals surface area contributed by atoms with E-state index in [9.17, 15) is 14.7 Å². The summed E-state index contributed by atoms with van der Waals surface area (Å²) in [5, 5.41) is 29.3. The SMILES string of the molecule is NCCCCCNC(=O)C(O)C(O)C(=O)CO. The molecule has 0 saturated heterocycles. The number of Topliss-reactive ketones (excluding diaryl/α,β-unsaturated/α-hetero) is 1. The highest BCUT2D eigenvalue weighted by Crippen LogP contribution is 1.97. The molecule has 0 aliphatic rings. The molecule has 0 heterocycles. The molecule has 0 spiro atoms. The number of nitrogens with two attached hydrogens (primary N) is 1. The van der Waals surface area contributed by atoms with Gasteiger partial charge in [0.2, 0.25) is 0 Å². The third-order valence-corrected chi connectivity index (χ3v) is 2.23. The van der Waals surface area contributed by atoms with Gasteiger partial charge in [-0.1, -0.05) is 6.42 Å². The van der Waals surface area contributed by atoms with Crippen LogP contribution in [0.15, 0.2) is 0 Å². The fourth-order valence-corrected chi connectivity index (χ4v) is 1.18. The number of carbonyl (C=O) groups excluding carboxylic acids is 2. The Balaban J connectivity index is 3.85. The molecule has 0 bridgehead atoms. The highest BCUT2D eigenvalue weighted by Gasteiger charge is 2.29. The second kappa shape index (κ2) is 9.06. The van der Waals surface area contributed by atoms with Gasteiger partial charge in [-0.15, -0.1) is 0 Å². The van der Waals surface area contributed by atoms with Crippen molar-refractivity contribution >= 4 is 11.7 Å². The molecule has 0 radical (unpaired) electrons. The molecule has 2 unspecified atom stereocenters. The van der Waals surface area contributed by atoms with E-state index in [-0.39, 0.29) is 0 Å². The zero-order valence-electron chi connectivity index (χ0n) is 9.63. The number of aliphatic hydroxyl groups excluding tert-OH is 3. The van der Waals surface area contributed by atoms with Gasteiger partial charge in [0.1, 0.15) is 12.7 Å². The van der Waals surface area contributed by atoms with Gasteiger partial charge in [0, 0.05) is 6.54 Å². The van der Waals surface area contributed by atoms with Gasteiger partial charge in [-0.05, 0) is 19.4 Å². The van der Waals surface area contributed by atoms with Crippen LogP contribution >= 0.6 is 0 Å². The van der Waals surface area contributed by atoms with Crippen LogP contribution in [-0.4, -0.2) is 58.9 Å². The zero-order chi connectivity index (χ0) is 13.3. The first-order chi connectivity index (χ1) is 8.04. The molecule has 1 amide bonds. The van der Waals surface area contributed by atoms with Crippen LogP contribution in [0.1, 0.15) is 19.3 Å². The summed E-state index contributed by atoms with van der Waals surface area (Å²) in [6, 6.07) is 0. The predicted octanol–water partition coefficient (Wildman–Crippen LogP) is -2.49. The molecule has 0 fully saturated rings. The molecule has 0 aliphatic carbocycles. The van der Waals surface area contributed by atoms with E-state index in [1.165, 1.54) is 0 Å². The van der Waals surface area contributed by atoms with Gasteiger partial charge in [0.25, 0.3) is 5.91 Å². The lowest BCUT2D eigenvalue weighted by atomic mass is 10.1. The van der Waals surface area contributed by atoms with Crippen LogP contribution in [0.2, 0.25) is 0 Å². The standard InChI is InChI=1S/C10H20N2O5/c11-4-2-1-3-5-12-10(17)9(16)8(15)7(14)6-13/h8-9,13,15-16H,1-6,11H2,(H,12,17). The minimum atomic E-state index is -1.89. The number of aliphatic hydroxyl groups is 3. The number of rotatable bonds is 9. The van der Waals surface area contributed by atoms with Gasteiger partial charge in [-0.2, -0.15) is 0 Å². The fourth-order valence-electron chi connectivity index (χ4n) is 1.18. The molecule has 2 atom stereocenters. The van der Waals surface area contributed by atoms with E-state index in [2.05, 4.69) is 5.32 Å². The zero-order valence-corrected chi connectivity index (χ0v) is 9.63. The quantitative estimate of drug-likeness (QED) is 0.287. The molecular weight excluding hydrogens is 228 g/mol. The van der Waals surface area contributed by atoms with Crippen LogP contribution < -0.4 is 11.1 Å². The van der Waals surface area contributed by atoms with E-state index in [0.29, 0.717) is 19.5 Å². The van der Waals surface area contributed by atoms with Crippen molar-refractivity contribution in [3.05, 3.63) is 0 Å². The Kier molecular flexibility index (Phi) is 8.51. The van der Waals surface area contributed by atoms with E-state index in [4.69, 9.17) is 15.9 Å². The number of carbonyl (C=O) groups is 2. The second-order valence-electron chi connectivity index (χ2n) is 3.65. The Morgan fingerprint density at radius 2 is 1.76 bits per heavy atom. The van der Waals surface area contributed by atoms with Crippen molar-refractivity contribution in [2.45, 2.75) is 31.5 Å². The number of amides is 1. The topological polar surface area (TPSA) is 133 Å². The maximum atomic E-state index is 11.3. The smallest absolute Gasteiger partial charge is 0.252 e. The van der Waals surface area contributed by atoms with Gasteiger partial charge < -0.3 is 26.4 Å². The third kappa shape index (κ3) is 6.32. The average molecular weight is 248 g/mol. The third-order valence-electron chi connectivity index (χ3n) is 2.23. The number of ketones is 1. The van der Waals surface area contributed by atoms with Gasteiger partial charge >= 0.3 is 0 Å². The summed E-state index contributed by atoms with van der Waals surface area (Å²) in [5.74, 6) is -1.82. The highest BCUT2D eigenvalue weighted by molar-refractivity contribution is 5.92. The first kappa shape index (κ1) is 16.0. The monoisotopic (exact) mass is 248 g/mol. The summed E-state index contributed by atoms with van der Waals surface area (Å²) >= 11 is 0. The normalized spacial score (nSPS) is 14.1. The van der Waals surface area contributed by atoms with Crippen LogP contribution in [0.5, 0.6) is 0 Å². The first-order valence-corrected chi connectivity index (χ1v) is 5.52. The Morgan fingerprint density at radius 1 is 1.12 bits per heavy atom. The minimum absolute atomic E-state index is 0.343. The van der Waals surface area contributed by atoms with Crippen LogP contribution in [0.4, 0.5) is 0 Å². The highest BCUT2D eigenvalue weighted by atomic mass is 16.3. The number of hydrogen-bond acceptors (Lipinski definition) is 6. The molecule has 0 aromatic carbocycles. The van der Waals surface area contributed by atoms with E-state index in [1.54, 1.807) is 0 Å². The summed E-state index contributed by atoms with van der Waals surface area (Å²) in [6.07, 6.45) is -1.32. The Labute approximate surface area is 99.6 Å². The van der Waals surface area contributed by atoms with Crippen molar-refractivity contribution in [1.82, 2.24) is 5.32 Å².